The molecule has 1 aliphatic rings. The molecule has 1 aromatic carbocycles. The number of hydrogen-bond donors (Lipinski definition) is 2. The van der Waals surface area contributed by atoms with Gasteiger partial charge >= 0.3 is 0 Å². The van der Waals surface area contributed by atoms with E-state index in [0.29, 0.717) is 0 Å². The number of aliphatic hydroxyl groups excluding tert-OH is 1. The zero-order valence-electron chi connectivity index (χ0n) is 13.2. The minimum atomic E-state index is -0.129. The molecule has 1 unspecified atom stereocenters. The van der Waals surface area contributed by atoms with E-state index in [9.17, 15) is 5.11 Å². The number of nitrogens with zero attached hydrogens (tertiary/aromatic N) is 1. The van der Waals surface area contributed by atoms with E-state index in [4.69, 9.17) is 0 Å². The Kier molecular flexibility index (Phi) is 4.05. The molecule has 21 heavy (non-hydrogen) atoms. The Morgan fingerprint density at radius 2 is 1.86 bits per heavy atom. The Bertz CT molecular complexity index is 613. The molecular weight excluding hydrogens is 260 g/mol. The van der Waals surface area contributed by atoms with Crippen LogP contribution in [0.2, 0.25) is 0 Å². The number of hydrogen-bond acceptors (Lipinski definition) is 2. The summed E-state index contributed by atoms with van der Waals surface area (Å²) in [7, 11) is 0. The van der Waals surface area contributed by atoms with Crippen molar-refractivity contribution in [1.29, 1.82) is 0 Å². The molecule has 1 aromatic heterocycles. The molecule has 0 radical (unpaired) electrons. The van der Waals surface area contributed by atoms with Crippen molar-refractivity contribution in [3.8, 4) is 0 Å². The van der Waals surface area contributed by atoms with Crippen LogP contribution in [-0.4, -0.2) is 40.2 Å². The van der Waals surface area contributed by atoms with E-state index in [1.165, 1.54) is 22.0 Å². The lowest BCUT2D eigenvalue weighted by atomic mass is 9.77. The van der Waals surface area contributed by atoms with Crippen LogP contribution in [-0.2, 0) is 12.8 Å². The van der Waals surface area contributed by atoms with Crippen molar-refractivity contribution < 1.29 is 5.11 Å². The molecule has 3 nitrogen and oxygen atoms in total. The summed E-state index contributed by atoms with van der Waals surface area (Å²) in [5.41, 5.74) is 3.83. The fourth-order valence-electron chi connectivity index (χ4n) is 3.96. The predicted molar refractivity (Wildman–Crippen MR) is 87.7 cm³/mol. The van der Waals surface area contributed by atoms with E-state index >= 15 is 0 Å². The van der Waals surface area contributed by atoms with Crippen LogP contribution in [0.4, 0.5) is 0 Å². The highest BCUT2D eigenvalue weighted by atomic mass is 16.3. The first-order chi connectivity index (χ1) is 10.2. The molecule has 2 N–H and O–H groups in total. The zero-order valence-corrected chi connectivity index (χ0v) is 13.2. The van der Waals surface area contributed by atoms with E-state index < -0.39 is 0 Å². The maximum atomic E-state index is 10.2. The second kappa shape index (κ2) is 5.82. The molecular formula is C18H26N2O. The highest BCUT2D eigenvalue weighted by molar-refractivity contribution is 5.87. The first kappa shape index (κ1) is 14.6. The second-order valence-electron chi connectivity index (χ2n) is 6.38. The van der Waals surface area contributed by atoms with Crippen molar-refractivity contribution >= 4 is 10.9 Å². The Balaban J connectivity index is 2.02. The molecule has 1 aliphatic carbocycles. The van der Waals surface area contributed by atoms with Crippen LogP contribution < -0.4 is 0 Å². The molecule has 0 saturated carbocycles. The average Bonchev–Trinajstić information content (AvgIpc) is 2.92. The minimum Gasteiger partial charge on any atom is -0.394 e. The van der Waals surface area contributed by atoms with Gasteiger partial charge in [0, 0.05) is 17.1 Å². The zero-order chi connectivity index (χ0) is 14.9. The molecule has 0 fully saturated rings. The smallest absolute Gasteiger partial charge is 0.0622 e. The highest BCUT2D eigenvalue weighted by Crippen LogP contribution is 2.37. The average molecular weight is 286 g/mol. The Labute approximate surface area is 127 Å². The fourth-order valence-corrected chi connectivity index (χ4v) is 3.96. The molecule has 3 rings (SSSR count). The number of aromatic nitrogens is 1. The number of benzene rings is 1. The third-order valence-corrected chi connectivity index (χ3v) is 4.86. The molecule has 0 spiro atoms. The molecule has 114 valence electrons. The number of H-pyrrole nitrogens is 1. The van der Waals surface area contributed by atoms with Gasteiger partial charge in [0.15, 0.2) is 0 Å². The van der Waals surface area contributed by atoms with Gasteiger partial charge in [0.1, 0.15) is 0 Å². The minimum absolute atomic E-state index is 0.129. The fraction of sp³-hybridized carbons (Fsp3) is 0.556. The van der Waals surface area contributed by atoms with Crippen LogP contribution in [0.1, 0.15) is 37.8 Å². The van der Waals surface area contributed by atoms with Gasteiger partial charge in [0.25, 0.3) is 0 Å². The SMILES string of the molecule is CCCN(CCC)C1(CO)Cc2cccc3[nH]cc(c23)C1. The van der Waals surface area contributed by atoms with Crippen LogP contribution in [0.25, 0.3) is 10.9 Å². The number of aliphatic hydroxyl groups is 1. The van der Waals surface area contributed by atoms with Crippen LogP contribution in [0, 0.1) is 0 Å². The number of aromatic amines is 1. The van der Waals surface area contributed by atoms with Crippen molar-refractivity contribution in [2.75, 3.05) is 19.7 Å². The first-order valence-corrected chi connectivity index (χ1v) is 8.18. The van der Waals surface area contributed by atoms with Crippen molar-refractivity contribution in [2.45, 2.75) is 45.1 Å². The van der Waals surface area contributed by atoms with Crippen molar-refractivity contribution in [3.05, 3.63) is 35.5 Å². The van der Waals surface area contributed by atoms with Gasteiger partial charge in [-0.15, -0.1) is 0 Å². The van der Waals surface area contributed by atoms with Crippen LogP contribution in [0.3, 0.4) is 0 Å². The van der Waals surface area contributed by atoms with E-state index in [1.54, 1.807) is 0 Å². The first-order valence-electron chi connectivity index (χ1n) is 8.18. The van der Waals surface area contributed by atoms with Gasteiger partial charge in [-0.05, 0) is 56.0 Å². The normalized spacial score (nSPS) is 21.3. The maximum Gasteiger partial charge on any atom is 0.0622 e. The van der Waals surface area contributed by atoms with Crippen LogP contribution in [0.5, 0.6) is 0 Å². The Morgan fingerprint density at radius 1 is 1.14 bits per heavy atom. The molecule has 3 heteroatoms. The maximum absolute atomic E-state index is 10.2. The van der Waals surface area contributed by atoms with Gasteiger partial charge in [0.2, 0.25) is 0 Å². The summed E-state index contributed by atoms with van der Waals surface area (Å²) in [4.78, 5) is 5.90. The second-order valence-corrected chi connectivity index (χ2v) is 6.38. The van der Waals surface area contributed by atoms with Gasteiger partial charge in [-0.3, -0.25) is 4.90 Å². The summed E-state index contributed by atoms with van der Waals surface area (Å²) in [6.07, 6.45) is 6.29. The van der Waals surface area contributed by atoms with E-state index in [2.05, 4.69) is 48.1 Å². The largest absolute Gasteiger partial charge is 0.394 e. The van der Waals surface area contributed by atoms with Crippen molar-refractivity contribution in [2.24, 2.45) is 0 Å². The van der Waals surface area contributed by atoms with E-state index in [0.717, 1.165) is 38.8 Å². The lowest BCUT2D eigenvalue weighted by molar-refractivity contribution is 0.0271. The molecule has 1 heterocycles. The monoisotopic (exact) mass is 286 g/mol. The third-order valence-electron chi connectivity index (χ3n) is 4.86. The standard InChI is InChI=1S/C18H26N2O/c1-3-8-20(9-4-2)18(13-21)10-14-6-5-7-16-17(14)15(11-18)12-19-16/h5-7,12,19,21H,3-4,8-11,13H2,1-2H3. The van der Waals surface area contributed by atoms with Gasteiger partial charge < -0.3 is 10.1 Å². The van der Waals surface area contributed by atoms with Crippen molar-refractivity contribution in [3.63, 3.8) is 0 Å². The molecule has 0 amide bonds. The van der Waals surface area contributed by atoms with Crippen LogP contribution in [0.15, 0.2) is 24.4 Å². The van der Waals surface area contributed by atoms with Gasteiger partial charge in [-0.2, -0.15) is 0 Å². The highest BCUT2D eigenvalue weighted by Gasteiger charge is 2.39. The number of rotatable bonds is 6. The topological polar surface area (TPSA) is 39.3 Å². The molecule has 1 atom stereocenters. The Hall–Kier alpha value is -1.32. The molecule has 0 bridgehead atoms. The van der Waals surface area contributed by atoms with E-state index in [-0.39, 0.29) is 12.1 Å². The molecule has 0 aliphatic heterocycles. The van der Waals surface area contributed by atoms with E-state index in [1.807, 2.05) is 0 Å². The summed E-state index contributed by atoms with van der Waals surface area (Å²) in [6.45, 7) is 6.79. The summed E-state index contributed by atoms with van der Waals surface area (Å²) in [5.74, 6) is 0. The molecule has 0 saturated heterocycles. The van der Waals surface area contributed by atoms with Gasteiger partial charge in [-0.1, -0.05) is 26.0 Å². The lowest BCUT2D eigenvalue weighted by Gasteiger charge is -2.45. The summed E-state index contributed by atoms with van der Waals surface area (Å²) in [5, 5.41) is 11.6. The number of nitrogens with one attached hydrogen (secondary N) is 1. The van der Waals surface area contributed by atoms with Crippen molar-refractivity contribution in [1.82, 2.24) is 9.88 Å². The third kappa shape index (κ3) is 2.39. The summed E-state index contributed by atoms with van der Waals surface area (Å²) >= 11 is 0. The quantitative estimate of drug-likeness (QED) is 0.856. The predicted octanol–water partition coefficient (Wildman–Crippen LogP) is 3.12. The molecule has 2 aromatic rings. The Morgan fingerprint density at radius 3 is 2.52 bits per heavy atom. The summed E-state index contributed by atoms with van der Waals surface area (Å²) < 4.78 is 0. The van der Waals surface area contributed by atoms with Gasteiger partial charge in [-0.25, -0.2) is 0 Å². The van der Waals surface area contributed by atoms with Crippen LogP contribution >= 0.6 is 0 Å². The lowest BCUT2D eigenvalue weighted by Crippen LogP contribution is -2.56. The summed E-state index contributed by atoms with van der Waals surface area (Å²) in [6, 6.07) is 6.48. The van der Waals surface area contributed by atoms with Gasteiger partial charge in [0.05, 0.1) is 12.1 Å².